The molecule has 0 radical (unpaired) electrons. The minimum Gasteiger partial charge on any atom is -0.319 e. The molecule has 1 nitrogen and oxygen atoms in total. The maximum absolute atomic E-state index is 13.9. The van der Waals surface area contributed by atoms with Crippen LogP contribution in [0.15, 0.2) is 29.6 Å². The fourth-order valence-electron chi connectivity index (χ4n) is 1.57. The van der Waals surface area contributed by atoms with Gasteiger partial charge in [-0.3, -0.25) is 0 Å². The van der Waals surface area contributed by atoms with Crippen LogP contribution >= 0.6 is 35.3 Å². The molecular formula is C12H12Cl2FNS. The molecule has 17 heavy (non-hydrogen) atoms. The summed E-state index contributed by atoms with van der Waals surface area (Å²) in [5, 5.41) is 2.29. The molecule has 5 heteroatoms. The fourth-order valence-corrected chi connectivity index (χ4v) is 2.57. The second kappa shape index (κ2) is 5.83. The maximum Gasteiger partial charge on any atom is 0.132 e. The third-order valence-electron chi connectivity index (χ3n) is 2.48. The Hall–Kier alpha value is -0.610. The van der Waals surface area contributed by atoms with Crippen LogP contribution in [0.1, 0.15) is 22.0 Å². The van der Waals surface area contributed by atoms with E-state index in [-0.39, 0.29) is 18.2 Å². The van der Waals surface area contributed by atoms with Gasteiger partial charge >= 0.3 is 0 Å². The number of thiophene rings is 1. The van der Waals surface area contributed by atoms with Crippen molar-refractivity contribution in [2.45, 2.75) is 13.0 Å². The number of aryl methyl sites for hydroxylation is 1. The molecule has 92 valence electrons. The van der Waals surface area contributed by atoms with E-state index in [2.05, 4.69) is 0 Å². The Morgan fingerprint density at radius 3 is 2.65 bits per heavy atom. The van der Waals surface area contributed by atoms with Crippen molar-refractivity contribution in [2.24, 2.45) is 5.73 Å². The third kappa shape index (κ3) is 2.80. The van der Waals surface area contributed by atoms with Gasteiger partial charge in [-0.1, -0.05) is 23.7 Å². The Bertz CT molecular complexity index is 499. The Labute approximate surface area is 115 Å². The van der Waals surface area contributed by atoms with Crippen LogP contribution in [0.25, 0.3) is 0 Å². The lowest BCUT2D eigenvalue weighted by Crippen LogP contribution is -2.13. The summed E-state index contributed by atoms with van der Waals surface area (Å²) < 4.78 is 13.9. The highest BCUT2D eigenvalue weighted by Crippen LogP contribution is 2.32. The summed E-state index contributed by atoms with van der Waals surface area (Å²) in [7, 11) is 0. The van der Waals surface area contributed by atoms with E-state index in [1.807, 2.05) is 17.5 Å². The molecular weight excluding hydrogens is 280 g/mol. The van der Waals surface area contributed by atoms with Crippen LogP contribution in [0.4, 0.5) is 4.39 Å². The maximum atomic E-state index is 13.9. The van der Waals surface area contributed by atoms with Gasteiger partial charge in [0.2, 0.25) is 0 Å². The zero-order chi connectivity index (χ0) is 11.7. The van der Waals surface area contributed by atoms with E-state index in [1.54, 1.807) is 19.1 Å². The highest BCUT2D eigenvalue weighted by Gasteiger charge is 2.19. The molecule has 0 aliphatic rings. The van der Waals surface area contributed by atoms with Crippen molar-refractivity contribution in [3.05, 3.63) is 56.5 Å². The predicted molar refractivity (Wildman–Crippen MR) is 73.7 cm³/mol. The van der Waals surface area contributed by atoms with E-state index < -0.39 is 6.04 Å². The molecule has 0 saturated heterocycles. The van der Waals surface area contributed by atoms with Gasteiger partial charge in [-0.25, -0.2) is 4.39 Å². The van der Waals surface area contributed by atoms with Crippen LogP contribution in [-0.4, -0.2) is 0 Å². The van der Waals surface area contributed by atoms with Gasteiger partial charge in [-0.05, 0) is 30.0 Å². The van der Waals surface area contributed by atoms with Gasteiger partial charge in [-0.15, -0.1) is 23.7 Å². The number of hydrogen-bond donors (Lipinski definition) is 1. The average Bonchev–Trinajstić information content (AvgIpc) is 2.77. The molecule has 0 unspecified atom stereocenters. The molecule has 0 aliphatic carbocycles. The van der Waals surface area contributed by atoms with Gasteiger partial charge in [0.05, 0.1) is 6.04 Å². The van der Waals surface area contributed by atoms with E-state index in [4.69, 9.17) is 17.3 Å². The molecule has 2 aromatic rings. The number of rotatable bonds is 2. The zero-order valence-electron chi connectivity index (χ0n) is 9.11. The van der Waals surface area contributed by atoms with Gasteiger partial charge in [0, 0.05) is 15.5 Å². The monoisotopic (exact) mass is 291 g/mol. The third-order valence-corrected chi connectivity index (χ3v) is 3.77. The predicted octanol–water partition coefficient (Wildman–Crippen LogP) is 4.32. The first-order valence-corrected chi connectivity index (χ1v) is 6.10. The quantitative estimate of drug-likeness (QED) is 0.876. The van der Waals surface area contributed by atoms with Crippen molar-refractivity contribution in [3.63, 3.8) is 0 Å². The average molecular weight is 292 g/mol. The Kier molecular flexibility index (Phi) is 4.95. The second-order valence-corrected chi connectivity index (χ2v) is 4.97. The normalized spacial score (nSPS) is 12.0. The molecule has 1 atom stereocenters. The summed E-state index contributed by atoms with van der Waals surface area (Å²) in [5.41, 5.74) is 6.96. The number of halogens is 3. The van der Waals surface area contributed by atoms with E-state index >= 15 is 0 Å². The molecule has 0 saturated carbocycles. The lowest BCUT2D eigenvalue weighted by molar-refractivity contribution is 0.592. The van der Waals surface area contributed by atoms with Crippen LogP contribution in [0.3, 0.4) is 0 Å². The highest BCUT2D eigenvalue weighted by atomic mass is 35.5. The highest BCUT2D eigenvalue weighted by molar-refractivity contribution is 7.10. The molecule has 0 bridgehead atoms. The lowest BCUT2D eigenvalue weighted by atomic mass is 10.0. The smallest absolute Gasteiger partial charge is 0.132 e. The minimum absolute atomic E-state index is 0. The summed E-state index contributed by atoms with van der Waals surface area (Å²) in [4.78, 5) is 0.909. The van der Waals surface area contributed by atoms with Crippen molar-refractivity contribution in [3.8, 4) is 0 Å². The minimum atomic E-state index is -0.493. The van der Waals surface area contributed by atoms with Gasteiger partial charge in [0.25, 0.3) is 0 Å². The molecule has 0 fully saturated rings. The lowest BCUT2D eigenvalue weighted by Gasteiger charge is -2.14. The van der Waals surface area contributed by atoms with Crippen molar-refractivity contribution in [2.75, 3.05) is 0 Å². The molecule has 2 rings (SSSR count). The van der Waals surface area contributed by atoms with Gasteiger partial charge < -0.3 is 5.73 Å². The summed E-state index contributed by atoms with van der Waals surface area (Å²) in [6, 6.07) is 6.62. The van der Waals surface area contributed by atoms with Crippen LogP contribution in [0.2, 0.25) is 5.02 Å². The van der Waals surface area contributed by atoms with Gasteiger partial charge in [0.1, 0.15) is 5.82 Å². The molecule has 0 aliphatic heterocycles. The van der Waals surface area contributed by atoms with E-state index in [0.717, 1.165) is 4.88 Å². The zero-order valence-corrected chi connectivity index (χ0v) is 11.5. The number of hydrogen-bond acceptors (Lipinski definition) is 2. The van der Waals surface area contributed by atoms with E-state index in [0.29, 0.717) is 16.1 Å². The molecule has 1 aromatic carbocycles. The topological polar surface area (TPSA) is 26.0 Å². The first kappa shape index (κ1) is 14.5. The van der Waals surface area contributed by atoms with Crippen molar-refractivity contribution >= 4 is 35.3 Å². The largest absolute Gasteiger partial charge is 0.319 e. The Morgan fingerprint density at radius 1 is 1.35 bits per heavy atom. The van der Waals surface area contributed by atoms with Gasteiger partial charge in [0.15, 0.2) is 0 Å². The van der Waals surface area contributed by atoms with Crippen molar-refractivity contribution in [1.82, 2.24) is 0 Å². The van der Waals surface area contributed by atoms with E-state index in [9.17, 15) is 4.39 Å². The van der Waals surface area contributed by atoms with Crippen LogP contribution in [-0.2, 0) is 0 Å². The molecule has 2 N–H and O–H groups in total. The summed E-state index contributed by atoms with van der Waals surface area (Å²) in [6.07, 6.45) is 0. The van der Waals surface area contributed by atoms with E-state index in [1.165, 1.54) is 11.3 Å². The molecule has 0 amide bonds. The second-order valence-electron chi connectivity index (χ2n) is 3.59. The van der Waals surface area contributed by atoms with Gasteiger partial charge in [-0.2, -0.15) is 0 Å². The molecule has 1 aromatic heterocycles. The van der Waals surface area contributed by atoms with Crippen LogP contribution in [0, 0.1) is 12.7 Å². The van der Waals surface area contributed by atoms with Crippen LogP contribution < -0.4 is 5.73 Å². The summed E-state index contributed by atoms with van der Waals surface area (Å²) >= 11 is 7.50. The SMILES string of the molecule is Cc1ccc(Cl)c([C@@H](N)c2cccs2)c1F.Cl. The first-order valence-electron chi connectivity index (χ1n) is 4.84. The standard InChI is InChI=1S/C12H11ClFNS.ClH/c1-7-4-5-8(13)10(11(7)14)12(15)9-3-2-6-16-9;/h2-6,12H,15H2,1H3;1H/t12-;/m0./s1. The Morgan fingerprint density at radius 2 is 2.06 bits per heavy atom. The Balaban J connectivity index is 0.00000144. The van der Waals surface area contributed by atoms with Crippen molar-refractivity contribution in [1.29, 1.82) is 0 Å². The number of nitrogens with two attached hydrogens (primary N) is 1. The van der Waals surface area contributed by atoms with Crippen molar-refractivity contribution < 1.29 is 4.39 Å². The fraction of sp³-hybridized carbons (Fsp3) is 0.167. The first-order chi connectivity index (χ1) is 7.61. The van der Waals surface area contributed by atoms with Crippen LogP contribution in [0.5, 0.6) is 0 Å². The summed E-state index contributed by atoms with van der Waals surface area (Å²) in [5.74, 6) is -0.312. The summed E-state index contributed by atoms with van der Waals surface area (Å²) in [6.45, 7) is 1.70. The number of benzene rings is 1. The molecule has 0 spiro atoms. The molecule has 1 heterocycles.